The van der Waals surface area contributed by atoms with Crippen molar-refractivity contribution in [3.05, 3.63) is 28.3 Å². The lowest BCUT2D eigenvalue weighted by atomic mass is 10.2. The van der Waals surface area contributed by atoms with Gasteiger partial charge in [0.05, 0.1) is 23.9 Å². The Morgan fingerprint density at radius 2 is 2.04 bits per heavy atom. The number of thioether (sulfide) groups is 1. The number of amides is 1. The van der Waals surface area contributed by atoms with Crippen LogP contribution in [0.1, 0.15) is 25.7 Å². The van der Waals surface area contributed by atoms with Crippen LogP contribution < -0.4 is 10.1 Å². The minimum absolute atomic E-state index is 0.124. The van der Waals surface area contributed by atoms with Crippen LogP contribution in [0.3, 0.4) is 0 Å². The fraction of sp³-hybridized carbons (Fsp3) is 0.500. The summed E-state index contributed by atoms with van der Waals surface area (Å²) in [5.74, 6) is 0.162. The maximum atomic E-state index is 12.1. The topological polar surface area (TPSA) is 84.7 Å². The number of nitrogens with zero attached hydrogens (tertiary/aromatic N) is 2. The van der Waals surface area contributed by atoms with E-state index in [4.69, 9.17) is 17.0 Å². The summed E-state index contributed by atoms with van der Waals surface area (Å²) in [7, 11) is 1.43. The van der Waals surface area contributed by atoms with Gasteiger partial charge in [0.1, 0.15) is 15.8 Å². The molecule has 1 aliphatic rings. The zero-order valence-corrected chi connectivity index (χ0v) is 15.7. The average Bonchev–Trinajstić information content (AvgIpc) is 2.89. The molecule has 1 fully saturated rings. The third-order valence-corrected chi connectivity index (χ3v) is 5.39. The Kier molecular flexibility index (Phi) is 7.45. The maximum absolute atomic E-state index is 12.1. The molecule has 136 valence electrons. The molecule has 0 spiro atoms. The molecule has 1 aliphatic heterocycles. The van der Waals surface area contributed by atoms with E-state index in [1.54, 1.807) is 6.07 Å². The lowest BCUT2D eigenvalue weighted by Crippen LogP contribution is -2.29. The van der Waals surface area contributed by atoms with Crippen molar-refractivity contribution in [3.8, 4) is 5.75 Å². The number of benzene rings is 1. The highest BCUT2D eigenvalue weighted by atomic mass is 32.2. The van der Waals surface area contributed by atoms with Crippen molar-refractivity contribution in [2.75, 3.05) is 31.3 Å². The summed E-state index contributed by atoms with van der Waals surface area (Å²) < 4.78 is 5.69. The summed E-state index contributed by atoms with van der Waals surface area (Å²) in [5, 5.41) is 13.7. The lowest BCUT2D eigenvalue weighted by molar-refractivity contribution is -0.384. The zero-order valence-electron chi connectivity index (χ0n) is 14.0. The molecule has 0 radical (unpaired) electrons. The van der Waals surface area contributed by atoms with Crippen molar-refractivity contribution in [1.29, 1.82) is 0 Å². The van der Waals surface area contributed by atoms with Crippen LogP contribution in [0.4, 0.5) is 11.4 Å². The molecular formula is C16H21N3O4S2. The first-order chi connectivity index (χ1) is 12.0. The van der Waals surface area contributed by atoms with E-state index in [0.717, 1.165) is 25.9 Å². The van der Waals surface area contributed by atoms with Crippen LogP contribution in [0.5, 0.6) is 5.75 Å². The van der Waals surface area contributed by atoms with Gasteiger partial charge in [-0.1, -0.05) is 36.8 Å². The van der Waals surface area contributed by atoms with Crippen LogP contribution in [-0.2, 0) is 4.79 Å². The number of thiocarbonyl (C=S) groups is 1. The van der Waals surface area contributed by atoms with Crippen LogP contribution in [0.2, 0.25) is 0 Å². The van der Waals surface area contributed by atoms with Gasteiger partial charge in [-0.3, -0.25) is 14.9 Å². The highest BCUT2D eigenvalue weighted by Crippen LogP contribution is 2.29. The summed E-state index contributed by atoms with van der Waals surface area (Å²) in [6.45, 7) is 1.86. The molecule has 0 aliphatic carbocycles. The van der Waals surface area contributed by atoms with E-state index in [1.165, 1.54) is 43.8 Å². The minimum Gasteiger partial charge on any atom is -0.496 e. The van der Waals surface area contributed by atoms with Crippen LogP contribution >= 0.6 is 24.0 Å². The van der Waals surface area contributed by atoms with Crippen molar-refractivity contribution in [1.82, 2.24) is 4.90 Å². The van der Waals surface area contributed by atoms with Crippen LogP contribution in [0.25, 0.3) is 0 Å². The molecule has 1 amide bonds. The van der Waals surface area contributed by atoms with Gasteiger partial charge in [0.15, 0.2) is 0 Å². The van der Waals surface area contributed by atoms with Gasteiger partial charge in [-0.25, -0.2) is 0 Å². The fourth-order valence-electron chi connectivity index (χ4n) is 2.55. The molecule has 1 saturated heterocycles. The maximum Gasteiger partial charge on any atom is 0.296 e. The predicted octanol–water partition coefficient (Wildman–Crippen LogP) is 3.44. The minimum atomic E-state index is -0.548. The second kappa shape index (κ2) is 9.57. The van der Waals surface area contributed by atoms with Gasteiger partial charge in [0.2, 0.25) is 5.91 Å². The molecule has 7 nitrogen and oxygen atoms in total. The highest BCUT2D eigenvalue weighted by Gasteiger charge is 2.18. The number of rotatable bonds is 5. The van der Waals surface area contributed by atoms with E-state index < -0.39 is 4.92 Å². The highest BCUT2D eigenvalue weighted by molar-refractivity contribution is 8.23. The number of ether oxygens (including phenoxy) is 1. The van der Waals surface area contributed by atoms with Crippen LogP contribution in [0.15, 0.2) is 18.2 Å². The van der Waals surface area contributed by atoms with Gasteiger partial charge in [-0.15, -0.1) is 0 Å². The van der Waals surface area contributed by atoms with Crippen molar-refractivity contribution in [3.63, 3.8) is 0 Å². The third kappa shape index (κ3) is 5.86. The summed E-state index contributed by atoms with van der Waals surface area (Å²) in [5.41, 5.74) is -0.0510. The van der Waals surface area contributed by atoms with E-state index in [2.05, 4.69) is 10.2 Å². The van der Waals surface area contributed by atoms with E-state index in [0.29, 0.717) is 10.1 Å². The van der Waals surface area contributed by atoms with E-state index in [1.807, 2.05) is 0 Å². The first-order valence-electron chi connectivity index (χ1n) is 8.05. The van der Waals surface area contributed by atoms with Crippen molar-refractivity contribution in [2.45, 2.75) is 25.7 Å². The number of hydrogen-bond donors (Lipinski definition) is 1. The second-order valence-corrected chi connectivity index (χ2v) is 7.25. The quantitative estimate of drug-likeness (QED) is 0.474. The molecule has 25 heavy (non-hydrogen) atoms. The second-order valence-electron chi connectivity index (χ2n) is 5.64. The normalized spacial score (nSPS) is 14.5. The van der Waals surface area contributed by atoms with E-state index in [9.17, 15) is 14.9 Å². The number of anilines is 1. The smallest absolute Gasteiger partial charge is 0.296 e. The van der Waals surface area contributed by atoms with Crippen LogP contribution in [0, 0.1) is 10.1 Å². The summed E-state index contributed by atoms with van der Waals surface area (Å²) >= 11 is 6.69. The third-order valence-electron chi connectivity index (χ3n) is 3.87. The molecule has 1 aromatic rings. The monoisotopic (exact) mass is 383 g/mol. The lowest BCUT2D eigenvalue weighted by Gasteiger charge is -2.22. The number of carbonyl (C=O) groups excluding carboxylic acids is 1. The molecular weight excluding hydrogens is 362 g/mol. The number of methoxy groups -OCH3 is 1. The summed E-state index contributed by atoms with van der Waals surface area (Å²) in [6.07, 6.45) is 4.66. The van der Waals surface area contributed by atoms with Gasteiger partial charge in [0.25, 0.3) is 5.69 Å². The fourth-order valence-corrected chi connectivity index (χ4v) is 3.60. The van der Waals surface area contributed by atoms with Crippen molar-refractivity contribution in [2.24, 2.45) is 0 Å². The molecule has 0 aromatic heterocycles. The molecule has 0 bridgehead atoms. The number of likely N-dealkylation sites (tertiary alicyclic amines) is 1. The Hall–Kier alpha value is -1.87. The van der Waals surface area contributed by atoms with E-state index in [-0.39, 0.29) is 23.0 Å². The predicted molar refractivity (Wildman–Crippen MR) is 103 cm³/mol. The molecule has 1 aromatic carbocycles. The average molecular weight is 383 g/mol. The number of carbonyl (C=O) groups is 1. The summed E-state index contributed by atoms with van der Waals surface area (Å²) in [6, 6.07) is 4.31. The molecule has 0 saturated carbocycles. The van der Waals surface area contributed by atoms with Crippen LogP contribution in [-0.4, -0.2) is 46.0 Å². The molecule has 1 N–H and O–H groups in total. The zero-order chi connectivity index (χ0) is 18.2. The Balaban J connectivity index is 1.91. The van der Waals surface area contributed by atoms with Crippen molar-refractivity contribution < 1.29 is 14.5 Å². The summed E-state index contributed by atoms with van der Waals surface area (Å²) in [4.78, 5) is 24.9. The number of hydrogen-bond acceptors (Lipinski definition) is 6. The van der Waals surface area contributed by atoms with Gasteiger partial charge in [-0.2, -0.15) is 0 Å². The van der Waals surface area contributed by atoms with Crippen molar-refractivity contribution >= 4 is 45.6 Å². The number of nitro groups is 1. The van der Waals surface area contributed by atoms with Gasteiger partial charge < -0.3 is 15.0 Å². The van der Waals surface area contributed by atoms with E-state index >= 15 is 0 Å². The van der Waals surface area contributed by atoms with Gasteiger partial charge in [0, 0.05) is 13.1 Å². The number of nitrogens with one attached hydrogen (secondary N) is 1. The molecule has 1 heterocycles. The van der Waals surface area contributed by atoms with Gasteiger partial charge in [-0.05, 0) is 25.0 Å². The van der Waals surface area contributed by atoms with Gasteiger partial charge >= 0.3 is 0 Å². The first-order valence-corrected chi connectivity index (χ1v) is 9.44. The Bertz CT molecular complexity index is 646. The molecule has 9 heteroatoms. The molecule has 2 rings (SSSR count). The Morgan fingerprint density at radius 1 is 1.36 bits per heavy atom. The number of nitro benzene ring substituents is 1. The Labute approximate surface area is 156 Å². The molecule has 0 unspecified atom stereocenters. The molecule has 0 atom stereocenters. The SMILES string of the molecule is COc1ccc(NC(=O)CSC(=S)N2CCCCCC2)c([N+](=O)[O-])c1. The largest absolute Gasteiger partial charge is 0.496 e. The standard InChI is InChI=1S/C16H21N3O4S2/c1-23-12-6-7-13(14(10-12)19(21)22)17-15(20)11-25-16(24)18-8-4-2-3-5-9-18/h6-7,10H,2-5,8-9,11H2,1H3,(H,17,20). The first kappa shape index (κ1) is 19.5. The Morgan fingerprint density at radius 3 is 2.64 bits per heavy atom.